The van der Waals surface area contributed by atoms with Crippen molar-refractivity contribution in [2.24, 2.45) is 23.7 Å². The van der Waals surface area contributed by atoms with E-state index >= 15 is 24.0 Å². The number of hydrogen-bond donors (Lipinski definition) is 5. The molecule has 33 nitrogen and oxygen atoms in total. The minimum atomic E-state index is -2.05. The van der Waals surface area contributed by atoms with Crippen molar-refractivity contribution < 1.29 is 85.9 Å². The van der Waals surface area contributed by atoms with Gasteiger partial charge in [0.25, 0.3) is 17.5 Å². The van der Waals surface area contributed by atoms with Crippen molar-refractivity contribution in [1.82, 2.24) is 55.7 Å². The van der Waals surface area contributed by atoms with Gasteiger partial charge >= 0.3 is 18.0 Å². The van der Waals surface area contributed by atoms with Crippen molar-refractivity contribution in [1.29, 1.82) is 0 Å². The second kappa shape index (κ2) is 32.1. The van der Waals surface area contributed by atoms with E-state index in [2.05, 4.69) is 26.6 Å². The van der Waals surface area contributed by atoms with E-state index in [0.717, 1.165) is 26.8 Å². The van der Waals surface area contributed by atoms with Crippen LogP contribution in [0.15, 0.2) is 45.6 Å². The van der Waals surface area contributed by atoms with E-state index in [-0.39, 0.29) is 59.4 Å². The van der Waals surface area contributed by atoms with Gasteiger partial charge in [0.2, 0.25) is 52.7 Å². The van der Waals surface area contributed by atoms with Gasteiger partial charge in [-0.2, -0.15) is 0 Å². The number of nitrogens with one attached hydrogen (secondary N) is 5. The molecular weight excluding hydrogens is 1340 g/mol. The van der Waals surface area contributed by atoms with Gasteiger partial charge in [-0.05, 0) is 106 Å². The average Bonchev–Trinajstić information content (AvgIpc) is 1.22. The Bertz CT molecular complexity index is 4080. The zero-order valence-electron chi connectivity index (χ0n) is 60.7. The van der Waals surface area contributed by atoms with Gasteiger partial charge in [-0.3, -0.25) is 68.2 Å². The summed E-state index contributed by atoms with van der Waals surface area (Å²) in [7, 11) is 5.47. The molecule has 1 aliphatic carbocycles. The van der Waals surface area contributed by atoms with Crippen LogP contribution in [0.2, 0.25) is 0 Å². The Morgan fingerprint density at radius 3 is 1.53 bits per heavy atom. The fourth-order valence-corrected chi connectivity index (χ4v) is 13.4. The van der Waals surface area contributed by atoms with Gasteiger partial charge < -0.3 is 69.3 Å². The van der Waals surface area contributed by atoms with Crippen LogP contribution >= 0.6 is 0 Å². The average molecular weight is 1430 g/mol. The molecule has 10 atom stereocenters. The van der Waals surface area contributed by atoms with Gasteiger partial charge in [-0.25, -0.2) is 19.4 Å². The standard InChI is InChI=1S/C70H91N13O20/c1-32(2)48-66(93)81-27-17-19-43(81)64(91)77(13)29-45(84)79(15)55(34(5)6)68(95)101-38(11)50(62(89)72-48)74-60(87)42-26-21-36(9)58-52(42)71-54-47(53(57(86)37(10)59(54)103-58)76-70(97)100-31-40-22-24-41(25-23-40)83(98)99)61(88)75-51-39(12)102-69(96)56(35(7)8)80(16)46(85)30-78(14)65(92)44-20-18-28-82(44)67(94)49(33(3)4)73-63(51)90/h21-26,32-35,38-39,43-44,48-51,55-56H,17-20,27-31H2,1-16H3,(H,72,89)(H,73,90)(H,74,87)(H,75,88)(H,76,97). The number of ether oxygens (including phenoxy) is 3. The number of nitro groups is 1. The lowest BCUT2D eigenvalue weighted by Crippen LogP contribution is -2.61. The third-order valence-electron chi connectivity index (χ3n) is 19.2. The maximum atomic E-state index is 15.9. The Hall–Kier alpha value is -10.6. The second-order valence-electron chi connectivity index (χ2n) is 28.1. The SMILES string of the molecule is Cc1c2oc3c(C)ccc(C(=O)NC4C(=O)NC(C(C)C)C(=O)N5CCCC5C(=O)N(C)CC(=O)N(C)C(C(C)C)C(=O)OC4C)c3nc-2c(C(=O)NC2C(=O)NC(C(C)C)C(=O)N3CCCC3C(=O)N(C)CC(=O)N(C)C(C(C)C)C(=O)OC2C)c(NC(=O)OCc2ccc([N+](=O)[O-])cc2)c1=O. The normalized spacial score (nSPS) is 24.2. The van der Waals surface area contributed by atoms with E-state index < -0.39 is 220 Å². The maximum Gasteiger partial charge on any atom is 0.412 e. The Morgan fingerprint density at radius 1 is 0.641 bits per heavy atom. The number of hydrogen-bond acceptors (Lipinski definition) is 21. The molecule has 6 aliphatic rings. The molecule has 0 bridgehead atoms. The molecule has 2 aromatic carbocycles. The lowest BCUT2D eigenvalue weighted by Gasteiger charge is -2.36. The number of benzene rings is 3. The Morgan fingerprint density at radius 2 is 1.10 bits per heavy atom. The van der Waals surface area contributed by atoms with Gasteiger partial charge in [0.15, 0.2) is 11.3 Å². The number of likely N-dealkylation sites (N-methyl/N-ethyl adjacent to an activating group) is 4. The van der Waals surface area contributed by atoms with Crippen molar-refractivity contribution >= 4 is 99.6 Å². The van der Waals surface area contributed by atoms with Crippen molar-refractivity contribution in [2.75, 3.05) is 59.7 Å². The summed E-state index contributed by atoms with van der Waals surface area (Å²) in [6.07, 6.45) is -3.44. The smallest absolute Gasteiger partial charge is 0.412 e. The molecule has 4 fully saturated rings. The van der Waals surface area contributed by atoms with Crippen LogP contribution < -0.4 is 32.0 Å². The number of amides is 11. The number of nitro benzene ring substituents is 1. The number of cyclic esters (lactones) is 2. The summed E-state index contributed by atoms with van der Waals surface area (Å²) < 4.78 is 24.0. The number of fused-ring (bicyclic) bond motifs is 4. The summed E-state index contributed by atoms with van der Waals surface area (Å²) >= 11 is 0. The first kappa shape index (κ1) is 78.1. The summed E-state index contributed by atoms with van der Waals surface area (Å²) in [5, 5.41) is 24.4. The van der Waals surface area contributed by atoms with Crippen LogP contribution in [0.3, 0.4) is 0 Å². The molecule has 0 radical (unpaired) electrons. The summed E-state index contributed by atoms with van der Waals surface area (Å²) in [5.74, 6) is -13.7. The van der Waals surface area contributed by atoms with Gasteiger partial charge in [-0.1, -0.05) is 61.5 Å². The molecule has 556 valence electrons. The Kier molecular flexibility index (Phi) is 24.4. The molecule has 103 heavy (non-hydrogen) atoms. The van der Waals surface area contributed by atoms with Crippen LogP contribution in [-0.4, -0.2) is 231 Å². The Balaban J connectivity index is 1.28. The van der Waals surface area contributed by atoms with Crippen molar-refractivity contribution in [2.45, 2.75) is 176 Å². The van der Waals surface area contributed by atoms with Gasteiger partial charge in [0.1, 0.15) is 84.0 Å². The lowest BCUT2D eigenvalue weighted by atomic mass is 9.98. The molecule has 4 saturated heterocycles. The van der Waals surface area contributed by atoms with E-state index in [4.69, 9.17) is 23.6 Å². The van der Waals surface area contributed by atoms with E-state index in [1.807, 2.05) is 0 Å². The van der Waals surface area contributed by atoms with Gasteiger partial charge in [0.05, 0.1) is 29.1 Å². The van der Waals surface area contributed by atoms with Crippen LogP contribution in [0.5, 0.6) is 0 Å². The summed E-state index contributed by atoms with van der Waals surface area (Å²) in [6.45, 7) is 17.1. The molecule has 10 unspecified atom stereocenters. The first-order valence-electron chi connectivity index (χ1n) is 34.2. The number of rotatable bonds is 12. The molecule has 0 saturated carbocycles. The number of aryl methyl sites for hydroxylation is 1. The van der Waals surface area contributed by atoms with Crippen LogP contribution in [0, 0.1) is 47.6 Å². The van der Waals surface area contributed by atoms with Crippen LogP contribution in [0.4, 0.5) is 16.2 Å². The number of anilines is 1. The highest BCUT2D eigenvalue weighted by molar-refractivity contribution is 6.12. The van der Waals surface area contributed by atoms with Crippen LogP contribution in [0.25, 0.3) is 22.6 Å². The molecule has 11 amide bonds. The van der Waals surface area contributed by atoms with E-state index in [1.165, 1.54) is 87.9 Å². The third kappa shape index (κ3) is 16.6. The van der Waals surface area contributed by atoms with E-state index in [1.54, 1.807) is 62.3 Å². The lowest BCUT2D eigenvalue weighted by molar-refractivity contribution is -0.384. The van der Waals surface area contributed by atoms with Crippen LogP contribution in [0.1, 0.15) is 132 Å². The van der Waals surface area contributed by atoms with Crippen LogP contribution in [-0.2, 0) is 68.8 Å². The third-order valence-corrected chi connectivity index (χ3v) is 19.2. The zero-order chi connectivity index (χ0) is 76.2. The highest BCUT2D eigenvalue weighted by Gasteiger charge is 2.47. The van der Waals surface area contributed by atoms with Gasteiger partial charge in [0, 0.05) is 59.0 Å². The largest absolute Gasteiger partial charge is 0.458 e. The van der Waals surface area contributed by atoms with Crippen molar-refractivity contribution in [3.63, 3.8) is 0 Å². The topological polar surface area (TPSA) is 415 Å². The number of nitrogens with zero attached hydrogens (tertiary/aromatic N) is 8. The Labute approximate surface area is 594 Å². The summed E-state index contributed by atoms with van der Waals surface area (Å²) in [5.41, 5.74) is -4.43. The molecule has 0 aromatic heterocycles. The summed E-state index contributed by atoms with van der Waals surface area (Å²) in [6, 6.07) is -3.81. The van der Waals surface area contributed by atoms with Crippen molar-refractivity contribution in [3.05, 3.63) is 84.6 Å². The minimum Gasteiger partial charge on any atom is -0.458 e. The fourth-order valence-electron chi connectivity index (χ4n) is 13.4. The van der Waals surface area contributed by atoms with E-state index in [9.17, 15) is 53.3 Å². The molecule has 2 aromatic rings. The minimum absolute atomic E-state index is 0.0914. The first-order valence-corrected chi connectivity index (χ1v) is 34.2. The monoisotopic (exact) mass is 1430 g/mol. The molecular formula is C70H91N13O20. The van der Waals surface area contributed by atoms with Crippen molar-refractivity contribution in [3.8, 4) is 11.5 Å². The highest BCUT2D eigenvalue weighted by Crippen LogP contribution is 2.36. The number of carbonyl (C=O) groups excluding carboxylic acids is 13. The predicted octanol–water partition coefficient (Wildman–Crippen LogP) is 2.80. The number of esters is 2. The second-order valence-corrected chi connectivity index (χ2v) is 28.1. The molecule has 0 spiro atoms. The quantitative estimate of drug-likeness (QED) is 0.0447. The molecule has 5 aliphatic heterocycles. The number of non-ortho nitro benzene ring substituents is 1. The highest BCUT2D eigenvalue weighted by atomic mass is 16.6. The fraction of sp³-hybridized carbons (Fsp3) is 0.557. The maximum absolute atomic E-state index is 15.9. The van der Waals surface area contributed by atoms with E-state index in [0.29, 0.717) is 12.8 Å². The molecule has 5 N–H and O–H groups in total. The zero-order valence-corrected chi connectivity index (χ0v) is 60.7. The number of aromatic nitrogens is 1. The number of carbonyl (C=O) groups is 13. The molecule has 5 heterocycles. The predicted molar refractivity (Wildman–Crippen MR) is 368 cm³/mol. The summed E-state index contributed by atoms with van der Waals surface area (Å²) in [4.78, 5) is 228. The molecule has 33 heteroatoms. The first-order chi connectivity index (χ1) is 48.4. The van der Waals surface area contributed by atoms with Gasteiger partial charge in [-0.15, -0.1) is 0 Å². The molecule has 8 rings (SSSR count).